The number of ketones is 1. The van der Waals surface area contributed by atoms with Crippen molar-refractivity contribution < 1.29 is 37.1 Å². The molecule has 6 heteroatoms. The Morgan fingerprint density at radius 2 is 1.85 bits per heavy atom. The zero-order valence-electron chi connectivity index (χ0n) is 16.0. The Hall–Kier alpha value is -1.30. The molecular weight excluding hydrogens is 354 g/mol. The van der Waals surface area contributed by atoms with Gasteiger partial charge in [-0.05, 0) is 37.5 Å². The van der Waals surface area contributed by atoms with E-state index in [0.717, 1.165) is 24.9 Å². The molecule has 0 saturated heterocycles. The second-order valence-corrected chi connectivity index (χ2v) is 6.99. The smallest absolute Gasteiger partial charge is 0.161 e. The van der Waals surface area contributed by atoms with E-state index >= 15 is 0 Å². The van der Waals surface area contributed by atoms with Crippen LogP contribution < -0.4 is 27.2 Å². The van der Waals surface area contributed by atoms with Crippen molar-refractivity contribution in [2.24, 2.45) is 5.92 Å². The molecule has 3 N–H and O–H groups in total. The molecule has 0 aromatic heterocycles. The van der Waals surface area contributed by atoms with Crippen LogP contribution in [0, 0.1) is 5.92 Å². The predicted octanol–water partition coefficient (Wildman–Crippen LogP) is -0.767. The maximum Gasteiger partial charge on any atom is 0.161 e. The predicted molar refractivity (Wildman–Crippen MR) is 97.0 cm³/mol. The molecule has 1 fully saturated rings. The summed E-state index contributed by atoms with van der Waals surface area (Å²) in [4.78, 5) is 12.3. The number of rotatable bonds is 9. The minimum absolute atomic E-state index is 0. The number of hydrogen-bond donors (Lipinski definition) is 2. The standard InChI is InChI=1S/C20H31NO4.ClH/c1-14(21-12-11-17(22)15-7-5-4-6-8-15)20(23)16-9-10-18(24-2)19(13-16)25-3;/h9-10,13-15,20-21,23H,4-8,11-12H2,1-3H3;1H. The first-order valence-corrected chi connectivity index (χ1v) is 9.32. The second-order valence-electron chi connectivity index (χ2n) is 6.99. The Labute approximate surface area is 162 Å². The van der Waals surface area contributed by atoms with Crippen molar-refractivity contribution in [3.05, 3.63) is 23.8 Å². The molecule has 0 bridgehead atoms. The minimum atomic E-state index is -0.621. The third kappa shape index (κ3) is 6.15. The molecule has 0 spiro atoms. The normalized spacial score (nSPS) is 17.1. The maximum atomic E-state index is 12.3. The lowest BCUT2D eigenvalue weighted by Crippen LogP contribution is -3.00. The van der Waals surface area contributed by atoms with Gasteiger partial charge in [0.2, 0.25) is 0 Å². The number of methoxy groups -OCH3 is 2. The maximum absolute atomic E-state index is 12.3. The number of carbonyl (C=O) groups excluding carboxylic acids is 1. The number of Topliss-reactive ketones (excluding diaryl/α,β-unsaturated/α-hetero) is 1. The van der Waals surface area contributed by atoms with Gasteiger partial charge in [0, 0.05) is 5.92 Å². The van der Waals surface area contributed by atoms with E-state index in [2.05, 4.69) is 5.32 Å². The minimum Gasteiger partial charge on any atom is -1.00 e. The zero-order chi connectivity index (χ0) is 18.2. The third-order valence-electron chi connectivity index (χ3n) is 5.24. The van der Waals surface area contributed by atoms with Crippen molar-refractivity contribution in [2.45, 2.75) is 57.6 Å². The summed E-state index contributed by atoms with van der Waals surface area (Å²) in [7, 11) is 3.17. The molecule has 2 atom stereocenters. The van der Waals surface area contributed by atoms with Gasteiger partial charge in [0.15, 0.2) is 11.5 Å². The quantitative estimate of drug-likeness (QED) is 0.585. The molecule has 0 aliphatic heterocycles. The van der Waals surface area contributed by atoms with Crippen LogP contribution in [0.25, 0.3) is 0 Å². The Kier molecular flexibility index (Phi) is 9.99. The van der Waals surface area contributed by atoms with Crippen LogP contribution in [0.2, 0.25) is 0 Å². The van der Waals surface area contributed by atoms with Gasteiger partial charge >= 0.3 is 0 Å². The number of aliphatic hydroxyl groups is 1. The summed E-state index contributed by atoms with van der Waals surface area (Å²) in [6, 6.07) is 5.43. The van der Waals surface area contributed by atoms with Crippen molar-refractivity contribution in [1.82, 2.24) is 0 Å². The first-order chi connectivity index (χ1) is 12.1. The van der Waals surface area contributed by atoms with Gasteiger partial charge in [0.05, 0.1) is 27.2 Å². The first kappa shape index (κ1) is 22.7. The number of hydrogen-bond acceptors (Lipinski definition) is 4. The summed E-state index contributed by atoms with van der Waals surface area (Å²) < 4.78 is 10.5. The van der Waals surface area contributed by atoms with Crippen LogP contribution in [0.4, 0.5) is 0 Å². The summed E-state index contributed by atoms with van der Waals surface area (Å²) >= 11 is 0. The van der Waals surface area contributed by atoms with Gasteiger partial charge in [0.1, 0.15) is 17.9 Å². The second kappa shape index (κ2) is 11.4. The molecular formula is C20H32ClNO4. The van der Waals surface area contributed by atoms with E-state index in [0.29, 0.717) is 23.7 Å². The van der Waals surface area contributed by atoms with Gasteiger partial charge in [-0.3, -0.25) is 4.79 Å². The largest absolute Gasteiger partial charge is 1.00 e. The van der Waals surface area contributed by atoms with E-state index in [4.69, 9.17) is 9.47 Å². The molecule has 2 rings (SSSR count). The van der Waals surface area contributed by atoms with Crippen molar-refractivity contribution in [2.75, 3.05) is 20.8 Å². The van der Waals surface area contributed by atoms with Crippen molar-refractivity contribution in [3.8, 4) is 11.5 Å². The number of aliphatic hydroxyl groups excluding tert-OH is 1. The molecule has 2 unspecified atom stereocenters. The van der Waals surface area contributed by atoms with Crippen molar-refractivity contribution >= 4 is 5.78 Å². The Morgan fingerprint density at radius 1 is 1.19 bits per heavy atom. The number of quaternary nitrogens is 1. The highest BCUT2D eigenvalue weighted by Crippen LogP contribution is 2.30. The van der Waals surface area contributed by atoms with Crippen molar-refractivity contribution in [3.63, 3.8) is 0 Å². The number of nitrogens with two attached hydrogens (primary N) is 1. The lowest BCUT2D eigenvalue weighted by atomic mass is 9.85. The highest BCUT2D eigenvalue weighted by molar-refractivity contribution is 5.81. The zero-order valence-corrected chi connectivity index (χ0v) is 16.8. The van der Waals surface area contributed by atoms with Gasteiger partial charge in [-0.15, -0.1) is 0 Å². The van der Waals surface area contributed by atoms with E-state index in [-0.39, 0.29) is 24.4 Å². The summed E-state index contributed by atoms with van der Waals surface area (Å²) in [6.45, 7) is 2.70. The van der Waals surface area contributed by atoms with Crippen LogP contribution in [0.1, 0.15) is 57.1 Å². The monoisotopic (exact) mass is 385 g/mol. The molecule has 1 aromatic carbocycles. The molecule has 0 heterocycles. The van der Waals surface area contributed by atoms with E-state index in [9.17, 15) is 9.90 Å². The highest BCUT2D eigenvalue weighted by atomic mass is 35.5. The van der Waals surface area contributed by atoms with Crippen molar-refractivity contribution in [1.29, 1.82) is 0 Å². The van der Waals surface area contributed by atoms with Gasteiger partial charge in [-0.25, -0.2) is 0 Å². The lowest BCUT2D eigenvalue weighted by molar-refractivity contribution is -0.693. The summed E-state index contributed by atoms with van der Waals surface area (Å²) in [5, 5.41) is 12.6. The molecule has 148 valence electrons. The van der Waals surface area contributed by atoms with Gasteiger partial charge in [0.25, 0.3) is 0 Å². The molecule has 0 amide bonds. The number of ether oxygens (including phenoxy) is 2. The summed E-state index contributed by atoms with van der Waals surface area (Å²) in [5.74, 6) is 1.92. The number of benzene rings is 1. The average Bonchev–Trinajstić information content (AvgIpc) is 2.67. The van der Waals surface area contributed by atoms with Crippen LogP contribution in [0.15, 0.2) is 18.2 Å². The van der Waals surface area contributed by atoms with Crippen LogP contribution in [-0.4, -0.2) is 37.7 Å². The van der Waals surface area contributed by atoms with Gasteiger partial charge < -0.3 is 32.3 Å². The third-order valence-corrected chi connectivity index (χ3v) is 5.24. The number of carbonyl (C=O) groups is 1. The van der Waals surface area contributed by atoms with Crippen LogP contribution in [-0.2, 0) is 4.79 Å². The fraction of sp³-hybridized carbons (Fsp3) is 0.650. The Bertz CT molecular complexity index is 561. The van der Waals surface area contributed by atoms with Crippen LogP contribution in [0.5, 0.6) is 11.5 Å². The molecule has 26 heavy (non-hydrogen) atoms. The SMILES string of the molecule is COc1ccc(C(O)C(C)[NH2+]CCC(=O)C2CCCCC2)cc1OC.[Cl-]. The molecule has 1 saturated carbocycles. The molecule has 0 radical (unpaired) electrons. The van der Waals surface area contributed by atoms with E-state index in [1.54, 1.807) is 26.4 Å². The molecule has 5 nitrogen and oxygen atoms in total. The fourth-order valence-electron chi connectivity index (χ4n) is 3.59. The Morgan fingerprint density at radius 3 is 2.46 bits per heavy atom. The van der Waals surface area contributed by atoms with E-state index in [1.807, 2.05) is 13.0 Å². The van der Waals surface area contributed by atoms with Gasteiger partial charge in [-0.1, -0.05) is 25.3 Å². The summed E-state index contributed by atoms with van der Waals surface area (Å²) in [5.41, 5.74) is 0.792. The summed E-state index contributed by atoms with van der Waals surface area (Å²) in [6.07, 6.45) is 5.73. The molecule has 1 aliphatic carbocycles. The van der Waals surface area contributed by atoms with Crippen LogP contribution >= 0.6 is 0 Å². The van der Waals surface area contributed by atoms with E-state index in [1.165, 1.54) is 19.3 Å². The van der Waals surface area contributed by atoms with Gasteiger partial charge in [-0.2, -0.15) is 0 Å². The van der Waals surface area contributed by atoms with Crippen LogP contribution in [0.3, 0.4) is 0 Å². The fourth-order valence-corrected chi connectivity index (χ4v) is 3.59. The molecule has 1 aliphatic rings. The first-order valence-electron chi connectivity index (χ1n) is 9.32. The Balaban J connectivity index is 0.00000338. The van der Waals surface area contributed by atoms with E-state index < -0.39 is 6.10 Å². The molecule has 1 aromatic rings. The average molecular weight is 386 g/mol. The topological polar surface area (TPSA) is 72.4 Å². The lowest BCUT2D eigenvalue weighted by Gasteiger charge is -2.21. The highest BCUT2D eigenvalue weighted by Gasteiger charge is 2.23. The number of halogens is 1.